The van der Waals surface area contributed by atoms with E-state index in [1.165, 1.54) is 104 Å². The predicted octanol–water partition coefficient (Wildman–Crippen LogP) is 16.2. The fraction of sp³-hybridized carbons (Fsp3) is 0.107. The number of rotatable bonds is 8. The molecule has 274 valence electrons. The summed E-state index contributed by atoms with van der Waals surface area (Å²) in [5, 5.41) is 5.22. The molecule has 1 fully saturated rings. The molecular weight excluding hydrogens is 687 g/mol. The number of hydrogen-bond donors (Lipinski definition) is 0. The van der Waals surface area contributed by atoms with E-state index < -0.39 is 0 Å². The van der Waals surface area contributed by atoms with Gasteiger partial charge in [-0.2, -0.15) is 0 Å². The number of benzene rings is 9. The molecule has 0 amide bonds. The largest absolute Gasteiger partial charge is 0.309 e. The van der Waals surface area contributed by atoms with Gasteiger partial charge in [0.1, 0.15) is 0 Å². The fourth-order valence-electron chi connectivity index (χ4n) is 9.21. The van der Waals surface area contributed by atoms with Crippen LogP contribution in [0.25, 0.3) is 66.1 Å². The van der Waals surface area contributed by atoms with Gasteiger partial charge >= 0.3 is 0 Å². The van der Waals surface area contributed by atoms with Crippen molar-refractivity contribution in [1.82, 2.24) is 0 Å². The van der Waals surface area contributed by atoms with E-state index in [1.807, 2.05) is 0 Å². The maximum atomic E-state index is 2.51. The van der Waals surface area contributed by atoms with Crippen molar-refractivity contribution in [1.29, 1.82) is 0 Å². The van der Waals surface area contributed by atoms with Gasteiger partial charge in [-0.25, -0.2) is 0 Å². The van der Waals surface area contributed by atoms with E-state index in [-0.39, 0.29) is 0 Å². The van der Waals surface area contributed by atoms with E-state index in [1.54, 1.807) is 0 Å². The molecule has 0 unspecified atom stereocenters. The first-order valence-electron chi connectivity index (χ1n) is 20.5. The minimum Gasteiger partial charge on any atom is -0.309 e. The van der Waals surface area contributed by atoms with Crippen LogP contribution in [0, 0.1) is 0 Å². The van der Waals surface area contributed by atoms with Crippen LogP contribution in [0.4, 0.5) is 17.1 Å². The van der Waals surface area contributed by atoms with Gasteiger partial charge in [-0.15, -0.1) is 0 Å². The van der Waals surface area contributed by atoms with Crippen molar-refractivity contribution in [2.45, 2.75) is 38.0 Å². The highest BCUT2D eigenvalue weighted by Gasteiger charge is 2.24. The minimum absolute atomic E-state index is 0.585. The first-order valence-corrected chi connectivity index (χ1v) is 20.5. The van der Waals surface area contributed by atoms with Gasteiger partial charge in [0.25, 0.3) is 0 Å². The van der Waals surface area contributed by atoms with Crippen molar-refractivity contribution in [2.75, 3.05) is 4.90 Å². The predicted molar refractivity (Wildman–Crippen MR) is 244 cm³/mol. The second kappa shape index (κ2) is 15.4. The highest BCUT2D eigenvalue weighted by Crippen LogP contribution is 2.48. The summed E-state index contributed by atoms with van der Waals surface area (Å²) in [4.78, 5) is 2.51. The Morgan fingerprint density at radius 3 is 1.70 bits per heavy atom. The molecule has 10 rings (SSSR count). The van der Waals surface area contributed by atoms with Crippen molar-refractivity contribution < 1.29 is 0 Å². The number of nitrogens with zero attached hydrogens (tertiary/aromatic N) is 1. The number of hydrogen-bond acceptors (Lipinski definition) is 1. The summed E-state index contributed by atoms with van der Waals surface area (Å²) in [6.07, 6.45) is 6.48. The highest BCUT2D eigenvalue weighted by atomic mass is 15.1. The molecular formula is C56H45N. The Morgan fingerprint density at radius 1 is 0.333 bits per heavy atom. The van der Waals surface area contributed by atoms with E-state index in [9.17, 15) is 0 Å². The first kappa shape index (κ1) is 34.8. The molecule has 1 saturated carbocycles. The summed E-state index contributed by atoms with van der Waals surface area (Å²) in [5.41, 5.74) is 14.6. The SMILES string of the molecule is c1ccc(-c2ccc(-c3ccccc3)c(N(c3ccc(-c4ccc5ccccc5c4)cc3)c3ccccc3-c3cccc4cccc(C5CCCCC5)c34)c2)cc1. The van der Waals surface area contributed by atoms with Gasteiger partial charge in [0, 0.05) is 16.8 Å². The lowest BCUT2D eigenvalue weighted by molar-refractivity contribution is 0.445. The van der Waals surface area contributed by atoms with Crippen LogP contribution in [0.1, 0.15) is 43.6 Å². The number of fused-ring (bicyclic) bond motifs is 2. The Balaban J connectivity index is 1.21. The van der Waals surface area contributed by atoms with Gasteiger partial charge in [-0.05, 0) is 110 Å². The Bertz CT molecular complexity index is 2810. The van der Waals surface area contributed by atoms with Gasteiger partial charge in [-0.1, -0.05) is 195 Å². The Labute approximate surface area is 336 Å². The molecule has 0 heterocycles. The zero-order chi connectivity index (χ0) is 38.0. The Hall–Kier alpha value is -6.70. The van der Waals surface area contributed by atoms with Gasteiger partial charge in [-0.3, -0.25) is 0 Å². The second-order valence-electron chi connectivity index (χ2n) is 15.5. The maximum Gasteiger partial charge on any atom is 0.0546 e. The van der Waals surface area contributed by atoms with Crippen LogP contribution >= 0.6 is 0 Å². The highest BCUT2D eigenvalue weighted by molar-refractivity contribution is 6.04. The molecule has 0 saturated heterocycles. The van der Waals surface area contributed by atoms with E-state index in [4.69, 9.17) is 0 Å². The number of anilines is 3. The fourth-order valence-corrected chi connectivity index (χ4v) is 9.21. The molecule has 1 aliphatic carbocycles. The van der Waals surface area contributed by atoms with E-state index in [0.29, 0.717) is 5.92 Å². The molecule has 9 aromatic rings. The Kier molecular flexibility index (Phi) is 9.42. The van der Waals surface area contributed by atoms with Crippen molar-refractivity contribution in [3.05, 3.63) is 212 Å². The van der Waals surface area contributed by atoms with Crippen molar-refractivity contribution in [3.63, 3.8) is 0 Å². The summed E-state index contributed by atoms with van der Waals surface area (Å²) >= 11 is 0. The van der Waals surface area contributed by atoms with Crippen LogP contribution < -0.4 is 4.90 Å². The van der Waals surface area contributed by atoms with Crippen LogP contribution in [0.2, 0.25) is 0 Å². The van der Waals surface area contributed by atoms with Crippen LogP contribution in [-0.4, -0.2) is 0 Å². The molecule has 1 heteroatoms. The third kappa shape index (κ3) is 6.81. The maximum absolute atomic E-state index is 2.51. The van der Waals surface area contributed by atoms with Crippen molar-refractivity contribution >= 4 is 38.6 Å². The standard InChI is InChI=1S/C56H45N/c1-4-16-40(17-5-1)48-34-37-50(43-19-6-2-7-20-43)55(39-48)57(49-35-32-42(33-36-49)47-31-30-41-18-10-11-23-46(41)38-47)54-29-13-12-26-52(54)53-28-15-25-45-24-14-27-51(56(45)53)44-21-8-3-9-22-44/h1-2,4-7,10-20,23-39,44H,3,8-9,21-22H2. The molecule has 0 aromatic heterocycles. The summed E-state index contributed by atoms with van der Waals surface area (Å²) < 4.78 is 0. The van der Waals surface area contributed by atoms with Gasteiger partial charge in [0.05, 0.1) is 11.4 Å². The van der Waals surface area contributed by atoms with Crippen LogP contribution in [0.3, 0.4) is 0 Å². The summed E-state index contributed by atoms with van der Waals surface area (Å²) in [7, 11) is 0. The molecule has 0 aliphatic heterocycles. The average molecular weight is 732 g/mol. The summed E-state index contributed by atoms with van der Waals surface area (Å²) in [6, 6.07) is 76.1. The zero-order valence-electron chi connectivity index (χ0n) is 32.2. The van der Waals surface area contributed by atoms with Crippen LogP contribution in [0.5, 0.6) is 0 Å². The second-order valence-corrected chi connectivity index (χ2v) is 15.5. The van der Waals surface area contributed by atoms with Crippen molar-refractivity contribution in [2.24, 2.45) is 0 Å². The topological polar surface area (TPSA) is 3.24 Å². The average Bonchev–Trinajstić information content (AvgIpc) is 3.30. The zero-order valence-corrected chi connectivity index (χ0v) is 32.2. The molecule has 0 bridgehead atoms. The number of para-hydroxylation sites is 1. The van der Waals surface area contributed by atoms with Crippen molar-refractivity contribution in [3.8, 4) is 44.5 Å². The molecule has 0 N–H and O–H groups in total. The summed E-state index contributed by atoms with van der Waals surface area (Å²) in [6.45, 7) is 0. The molecule has 0 atom stereocenters. The monoisotopic (exact) mass is 731 g/mol. The Morgan fingerprint density at radius 2 is 0.912 bits per heavy atom. The van der Waals surface area contributed by atoms with E-state index in [0.717, 1.165) is 17.1 Å². The molecule has 57 heavy (non-hydrogen) atoms. The lowest BCUT2D eigenvalue weighted by Gasteiger charge is -2.31. The molecule has 1 aliphatic rings. The van der Waals surface area contributed by atoms with Crippen LogP contribution in [0.15, 0.2) is 206 Å². The normalized spacial score (nSPS) is 13.2. The molecule has 9 aromatic carbocycles. The quantitative estimate of drug-likeness (QED) is 0.150. The lowest BCUT2D eigenvalue weighted by atomic mass is 9.80. The minimum atomic E-state index is 0.585. The smallest absolute Gasteiger partial charge is 0.0546 e. The van der Waals surface area contributed by atoms with E-state index >= 15 is 0 Å². The van der Waals surface area contributed by atoms with Gasteiger partial charge < -0.3 is 4.90 Å². The lowest BCUT2D eigenvalue weighted by Crippen LogP contribution is -2.13. The third-order valence-corrected chi connectivity index (χ3v) is 12.1. The summed E-state index contributed by atoms with van der Waals surface area (Å²) in [5.74, 6) is 0.585. The molecule has 0 spiro atoms. The molecule has 0 radical (unpaired) electrons. The van der Waals surface area contributed by atoms with E-state index in [2.05, 4.69) is 211 Å². The van der Waals surface area contributed by atoms with Gasteiger partial charge in [0.15, 0.2) is 0 Å². The first-order chi connectivity index (χ1) is 28.3. The van der Waals surface area contributed by atoms with Crippen LogP contribution in [-0.2, 0) is 0 Å². The third-order valence-electron chi connectivity index (χ3n) is 12.1. The van der Waals surface area contributed by atoms with Gasteiger partial charge in [0.2, 0.25) is 0 Å². The molecule has 1 nitrogen and oxygen atoms in total.